The largest absolute Gasteiger partial charge is 0.495 e. The second-order valence-electron chi connectivity index (χ2n) is 4.83. The van der Waals surface area contributed by atoms with Gasteiger partial charge in [0.25, 0.3) is 0 Å². The van der Waals surface area contributed by atoms with E-state index < -0.39 is 0 Å². The van der Waals surface area contributed by atoms with E-state index in [4.69, 9.17) is 21.1 Å². The van der Waals surface area contributed by atoms with Crippen molar-refractivity contribution in [3.8, 4) is 5.75 Å². The van der Waals surface area contributed by atoms with Gasteiger partial charge >= 0.3 is 5.97 Å². The van der Waals surface area contributed by atoms with Crippen molar-refractivity contribution in [1.29, 1.82) is 0 Å². The molecule has 1 aliphatic heterocycles. The number of carbonyl (C=O) groups is 1. The molecule has 0 spiro atoms. The minimum atomic E-state index is -0.0687. The summed E-state index contributed by atoms with van der Waals surface area (Å²) in [5.74, 6) is 0.637. The molecule has 110 valence electrons. The van der Waals surface area contributed by atoms with E-state index in [1.54, 1.807) is 7.11 Å². The Bertz CT molecular complexity index is 470. The molecule has 1 fully saturated rings. The lowest BCUT2D eigenvalue weighted by molar-refractivity contribution is -0.148. The highest BCUT2D eigenvalue weighted by Crippen LogP contribution is 2.31. The average Bonchev–Trinajstić information content (AvgIpc) is 2.48. The molecule has 0 atom stereocenters. The zero-order valence-electron chi connectivity index (χ0n) is 11.9. The molecule has 0 N–H and O–H groups in total. The maximum atomic E-state index is 11.7. The van der Waals surface area contributed by atoms with Gasteiger partial charge in [-0.05, 0) is 31.9 Å². The molecule has 1 saturated heterocycles. The van der Waals surface area contributed by atoms with Crippen molar-refractivity contribution in [3.05, 3.63) is 23.2 Å². The number of hydrogen-bond acceptors (Lipinski definition) is 4. The number of hydrogen-bond donors (Lipinski definition) is 0. The van der Waals surface area contributed by atoms with Gasteiger partial charge in [-0.1, -0.05) is 11.6 Å². The SMILES string of the molecule is CCOC(=O)C1CCN(c2ccc(Cl)c(OC)c2)CC1. The number of carbonyl (C=O) groups excluding carboxylic acids is 1. The molecule has 0 radical (unpaired) electrons. The monoisotopic (exact) mass is 297 g/mol. The summed E-state index contributed by atoms with van der Waals surface area (Å²) in [4.78, 5) is 14.0. The van der Waals surface area contributed by atoms with Crippen molar-refractivity contribution in [2.45, 2.75) is 19.8 Å². The van der Waals surface area contributed by atoms with Gasteiger partial charge in [0, 0.05) is 24.8 Å². The number of piperidine rings is 1. The van der Waals surface area contributed by atoms with Gasteiger partial charge in [0.15, 0.2) is 0 Å². The summed E-state index contributed by atoms with van der Waals surface area (Å²) in [6, 6.07) is 5.76. The van der Waals surface area contributed by atoms with Crippen LogP contribution in [0, 0.1) is 5.92 Å². The third-order valence-corrected chi connectivity index (χ3v) is 3.93. The van der Waals surface area contributed by atoms with Crippen LogP contribution in [0.15, 0.2) is 18.2 Å². The molecule has 0 aromatic heterocycles. The topological polar surface area (TPSA) is 38.8 Å². The molecule has 5 heteroatoms. The summed E-state index contributed by atoms with van der Waals surface area (Å²) in [6.45, 7) is 3.98. The van der Waals surface area contributed by atoms with E-state index in [1.165, 1.54) is 0 Å². The molecule has 0 amide bonds. The van der Waals surface area contributed by atoms with Crippen molar-refractivity contribution in [1.82, 2.24) is 0 Å². The standard InChI is InChI=1S/C15H20ClNO3/c1-3-20-15(18)11-6-8-17(9-7-11)12-4-5-13(16)14(10-12)19-2/h4-5,10-11H,3,6-9H2,1-2H3. The Morgan fingerprint density at radius 1 is 1.40 bits per heavy atom. The highest BCUT2D eigenvalue weighted by atomic mass is 35.5. The molecule has 0 bridgehead atoms. The van der Waals surface area contributed by atoms with Crippen LogP contribution in [0.2, 0.25) is 5.02 Å². The van der Waals surface area contributed by atoms with Crippen LogP contribution in [0.1, 0.15) is 19.8 Å². The van der Waals surface area contributed by atoms with Gasteiger partial charge in [-0.2, -0.15) is 0 Å². The number of methoxy groups -OCH3 is 1. The summed E-state index contributed by atoms with van der Waals surface area (Å²) in [7, 11) is 1.61. The lowest BCUT2D eigenvalue weighted by Gasteiger charge is -2.32. The van der Waals surface area contributed by atoms with Crippen LogP contribution in [-0.2, 0) is 9.53 Å². The lowest BCUT2D eigenvalue weighted by Crippen LogP contribution is -2.36. The van der Waals surface area contributed by atoms with Crippen molar-refractivity contribution >= 4 is 23.3 Å². The Hall–Kier alpha value is -1.42. The first-order valence-corrected chi connectivity index (χ1v) is 7.28. The van der Waals surface area contributed by atoms with Crippen LogP contribution in [0.4, 0.5) is 5.69 Å². The maximum absolute atomic E-state index is 11.7. The van der Waals surface area contributed by atoms with E-state index in [0.29, 0.717) is 17.4 Å². The van der Waals surface area contributed by atoms with Crippen LogP contribution >= 0.6 is 11.6 Å². The quantitative estimate of drug-likeness (QED) is 0.801. The predicted molar refractivity (Wildman–Crippen MR) is 79.6 cm³/mol. The van der Waals surface area contributed by atoms with Crippen molar-refractivity contribution in [3.63, 3.8) is 0 Å². The zero-order chi connectivity index (χ0) is 14.5. The highest BCUT2D eigenvalue weighted by Gasteiger charge is 2.26. The fourth-order valence-electron chi connectivity index (χ4n) is 2.48. The third kappa shape index (κ3) is 3.37. The van der Waals surface area contributed by atoms with E-state index in [9.17, 15) is 4.79 Å². The molecule has 1 aliphatic rings. The Morgan fingerprint density at radius 2 is 2.10 bits per heavy atom. The van der Waals surface area contributed by atoms with Crippen LogP contribution < -0.4 is 9.64 Å². The highest BCUT2D eigenvalue weighted by molar-refractivity contribution is 6.32. The summed E-state index contributed by atoms with van der Waals surface area (Å²) >= 11 is 6.03. The Labute approximate surface area is 124 Å². The second-order valence-corrected chi connectivity index (χ2v) is 5.24. The van der Waals surface area contributed by atoms with Gasteiger partial charge in [-0.15, -0.1) is 0 Å². The fraction of sp³-hybridized carbons (Fsp3) is 0.533. The minimum Gasteiger partial charge on any atom is -0.495 e. The van der Waals surface area contributed by atoms with E-state index in [2.05, 4.69) is 4.90 Å². The number of nitrogens with zero attached hydrogens (tertiary/aromatic N) is 1. The number of rotatable bonds is 4. The molecule has 0 unspecified atom stereocenters. The number of halogens is 1. The van der Waals surface area contributed by atoms with Gasteiger partial charge in [0.2, 0.25) is 0 Å². The first kappa shape index (κ1) is 15.0. The predicted octanol–water partition coefficient (Wildman–Crippen LogP) is 3.13. The first-order valence-electron chi connectivity index (χ1n) is 6.90. The number of ether oxygens (including phenoxy) is 2. The van der Waals surface area contributed by atoms with E-state index in [-0.39, 0.29) is 11.9 Å². The molecule has 1 aromatic rings. The van der Waals surface area contributed by atoms with Crippen molar-refractivity contribution in [2.24, 2.45) is 5.92 Å². The van der Waals surface area contributed by atoms with Crippen LogP contribution in [0.3, 0.4) is 0 Å². The Morgan fingerprint density at radius 3 is 2.70 bits per heavy atom. The molecule has 1 heterocycles. The molecular formula is C15H20ClNO3. The Balaban J connectivity index is 1.98. The lowest BCUT2D eigenvalue weighted by atomic mass is 9.96. The maximum Gasteiger partial charge on any atom is 0.309 e. The fourth-order valence-corrected chi connectivity index (χ4v) is 2.67. The van der Waals surface area contributed by atoms with Gasteiger partial charge < -0.3 is 14.4 Å². The molecule has 20 heavy (non-hydrogen) atoms. The van der Waals surface area contributed by atoms with Crippen molar-refractivity contribution < 1.29 is 14.3 Å². The average molecular weight is 298 g/mol. The molecule has 2 rings (SSSR count). The smallest absolute Gasteiger partial charge is 0.309 e. The van der Waals surface area contributed by atoms with E-state index in [0.717, 1.165) is 31.6 Å². The van der Waals surface area contributed by atoms with Crippen LogP contribution in [0.25, 0.3) is 0 Å². The van der Waals surface area contributed by atoms with Gasteiger partial charge in [0.05, 0.1) is 24.7 Å². The Kier molecular flexibility index (Phi) is 5.12. The van der Waals surface area contributed by atoms with Crippen LogP contribution in [0.5, 0.6) is 5.75 Å². The summed E-state index contributed by atoms with van der Waals surface area (Å²) in [6.07, 6.45) is 1.65. The first-order chi connectivity index (χ1) is 9.65. The number of benzene rings is 1. The van der Waals surface area contributed by atoms with Crippen LogP contribution in [-0.4, -0.2) is 32.8 Å². The summed E-state index contributed by atoms with van der Waals surface area (Å²) in [5, 5.41) is 0.609. The second kappa shape index (κ2) is 6.84. The number of anilines is 1. The molecule has 1 aromatic carbocycles. The normalized spacial score (nSPS) is 16.1. The van der Waals surface area contributed by atoms with Gasteiger partial charge in [0.1, 0.15) is 5.75 Å². The zero-order valence-corrected chi connectivity index (χ0v) is 12.7. The summed E-state index contributed by atoms with van der Waals surface area (Å²) in [5.41, 5.74) is 1.08. The van der Waals surface area contributed by atoms with Gasteiger partial charge in [-0.25, -0.2) is 0 Å². The summed E-state index contributed by atoms with van der Waals surface area (Å²) < 4.78 is 10.3. The van der Waals surface area contributed by atoms with Crippen molar-refractivity contribution in [2.75, 3.05) is 31.7 Å². The molecule has 4 nitrogen and oxygen atoms in total. The molecular weight excluding hydrogens is 278 g/mol. The van der Waals surface area contributed by atoms with E-state index >= 15 is 0 Å². The third-order valence-electron chi connectivity index (χ3n) is 3.61. The molecule has 0 saturated carbocycles. The number of esters is 1. The van der Waals surface area contributed by atoms with Gasteiger partial charge in [-0.3, -0.25) is 4.79 Å². The van der Waals surface area contributed by atoms with E-state index in [1.807, 2.05) is 25.1 Å². The minimum absolute atomic E-state index is 0.0281. The molecule has 0 aliphatic carbocycles.